The van der Waals surface area contributed by atoms with Crippen molar-refractivity contribution in [2.45, 2.75) is 5.75 Å². The molecule has 5 heteroatoms. The van der Waals surface area contributed by atoms with E-state index >= 15 is 0 Å². The number of nitrogens with zero attached hydrogens (tertiary/aromatic N) is 1. The van der Waals surface area contributed by atoms with E-state index in [0.717, 1.165) is 22.6 Å². The zero-order valence-corrected chi connectivity index (χ0v) is 10.2. The molecule has 0 fully saturated rings. The van der Waals surface area contributed by atoms with Crippen LogP contribution in [0.2, 0.25) is 0 Å². The Morgan fingerprint density at radius 1 is 1.60 bits per heavy atom. The highest BCUT2D eigenvalue weighted by Crippen LogP contribution is 2.12. The highest BCUT2D eigenvalue weighted by molar-refractivity contribution is 7.98. The first-order valence-electron chi connectivity index (χ1n) is 4.62. The summed E-state index contributed by atoms with van der Waals surface area (Å²) in [6.07, 6.45) is 3.57. The summed E-state index contributed by atoms with van der Waals surface area (Å²) in [6, 6.07) is 2.02. The molecule has 15 heavy (non-hydrogen) atoms. The van der Waals surface area contributed by atoms with Crippen LogP contribution in [0.1, 0.15) is 11.1 Å². The molecule has 0 aliphatic carbocycles. The van der Waals surface area contributed by atoms with Crippen molar-refractivity contribution in [1.82, 2.24) is 10.3 Å². The van der Waals surface area contributed by atoms with Crippen LogP contribution in [-0.2, 0) is 5.75 Å². The van der Waals surface area contributed by atoms with Crippen molar-refractivity contribution in [3.05, 3.63) is 29.6 Å². The van der Waals surface area contributed by atoms with Crippen LogP contribution in [0.5, 0.6) is 0 Å². The van der Waals surface area contributed by atoms with Gasteiger partial charge in [-0.25, -0.2) is 0 Å². The topological polar surface area (TPSA) is 45.2 Å². The van der Waals surface area contributed by atoms with Crippen LogP contribution in [0.25, 0.3) is 0 Å². The maximum absolute atomic E-state index is 8.66. The van der Waals surface area contributed by atoms with Gasteiger partial charge >= 0.3 is 0 Å². The van der Waals surface area contributed by atoms with E-state index < -0.39 is 0 Å². The van der Waals surface area contributed by atoms with Crippen LogP contribution in [0.4, 0.5) is 0 Å². The van der Waals surface area contributed by atoms with Crippen LogP contribution in [0.15, 0.2) is 18.5 Å². The van der Waals surface area contributed by atoms with Gasteiger partial charge in [-0.05, 0) is 11.6 Å². The van der Waals surface area contributed by atoms with E-state index in [1.165, 1.54) is 0 Å². The Morgan fingerprint density at radius 2 is 2.40 bits per heavy atom. The first-order chi connectivity index (χ1) is 7.27. The summed E-state index contributed by atoms with van der Waals surface area (Å²) in [5, 5.41) is 11.6. The number of thiocarbonyl (C=S) groups is 1. The molecule has 0 saturated heterocycles. The standard InChI is InChI=1S/C10H14N2OS2/c1-11-10(14)9-4-8(5-12-6-9)7-15-3-2-13/h4-6,13H,2-3,7H2,1H3,(H,11,14). The second-order valence-electron chi connectivity index (χ2n) is 2.94. The molecule has 0 spiro atoms. The Labute approximate surface area is 99.3 Å². The van der Waals surface area contributed by atoms with E-state index in [4.69, 9.17) is 17.3 Å². The van der Waals surface area contributed by atoms with Gasteiger partial charge in [-0.2, -0.15) is 11.8 Å². The third kappa shape index (κ3) is 4.15. The zero-order chi connectivity index (χ0) is 11.1. The molecule has 2 N–H and O–H groups in total. The van der Waals surface area contributed by atoms with E-state index in [9.17, 15) is 0 Å². The molecule has 0 aliphatic heterocycles. The number of nitrogens with one attached hydrogen (secondary N) is 1. The summed E-state index contributed by atoms with van der Waals surface area (Å²) in [5.74, 6) is 1.61. The second kappa shape index (κ2) is 6.76. The van der Waals surface area contributed by atoms with Gasteiger partial charge in [0.25, 0.3) is 0 Å². The number of pyridine rings is 1. The minimum Gasteiger partial charge on any atom is -0.396 e. The SMILES string of the molecule is CNC(=S)c1cncc(CSCCO)c1. The molecule has 1 aromatic rings. The fourth-order valence-electron chi connectivity index (χ4n) is 1.09. The Hall–Kier alpha value is -0.650. The monoisotopic (exact) mass is 242 g/mol. The summed E-state index contributed by atoms with van der Waals surface area (Å²) in [7, 11) is 1.80. The maximum Gasteiger partial charge on any atom is 0.107 e. The van der Waals surface area contributed by atoms with Crippen LogP contribution in [0.3, 0.4) is 0 Å². The van der Waals surface area contributed by atoms with Crippen molar-refractivity contribution in [3.8, 4) is 0 Å². The number of hydrogen-bond donors (Lipinski definition) is 2. The highest BCUT2D eigenvalue weighted by atomic mass is 32.2. The molecular weight excluding hydrogens is 228 g/mol. The molecule has 0 unspecified atom stereocenters. The number of aromatic nitrogens is 1. The first-order valence-corrected chi connectivity index (χ1v) is 6.19. The molecule has 0 atom stereocenters. The third-order valence-electron chi connectivity index (χ3n) is 1.79. The average molecular weight is 242 g/mol. The maximum atomic E-state index is 8.66. The van der Waals surface area contributed by atoms with Crippen molar-refractivity contribution < 1.29 is 5.11 Å². The minimum atomic E-state index is 0.215. The van der Waals surface area contributed by atoms with E-state index in [-0.39, 0.29) is 6.61 Å². The molecular formula is C10H14N2OS2. The number of aliphatic hydroxyl groups excluding tert-OH is 1. The molecule has 1 aromatic heterocycles. The van der Waals surface area contributed by atoms with Crippen LogP contribution < -0.4 is 5.32 Å². The normalized spacial score (nSPS) is 10.0. The lowest BCUT2D eigenvalue weighted by atomic mass is 10.2. The van der Waals surface area contributed by atoms with Crippen molar-refractivity contribution >= 4 is 29.0 Å². The van der Waals surface area contributed by atoms with Gasteiger partial charge in [0, 0.05) is 36.5 Å². The summed E-state index contributed by atoms with van der Waals surface area (Å²) >= 11 is 6.80. The van der Waals surface area contributed by atoms with E-state index in [1.54, 1.807) is 25.0 Å². The summed E-state index contributed by atoms with van der Waals surface area (Å²) in [6.45, 7) is 0.215. The molecule has 0 radical (unpaired) electrons. The fraction of sp³-hybridized carbons (Fsp3) is 0.400. The number of aliphatic hydroxyl groups is 1. The predicted molar refractivity (Wildman–Crippen MR) is 68.2 cm³/mol. The Morgan fingerprint density at radius 3 is 3.07 bits per heavy atom. The van der Waals surface area contributed by atoms with Crippen LogP contribution in [0, 0.1) is 0 Å². The lowest BCUT2D eigenvalue weighted by molar-refractivity contribution is 0.322. The van der Waals surface area contributed by atoms with Gasteiger partial charge in [0.1, 0.15) is 4.99 Å². The summed E-state index contributed by atoms with van der Waals surface area (Å²) < 4.78 is 0. The van der Waals surface area contributed by atoms with Crippen molar-refractivity contribution in [1.29, 1.82) is 0 Å². The third-order valence-corrected chi connectivity index (χ3v) is 3.24. The molecule has 0 saturated carbocycles. The smallest absolute Gasteiger partial charge is 0.107 e. The van der Waals surface area contributed by atoms with Gasteiger partial charge in [0.05, 0.1) is 6.61 Å². The fourth-order valence-corrected chi connectivity index (χ4v) is 1.87. The van der Waals surface area contributed by atoms with Gasteiger partial charge in [0.15, 0.2) is 0 Å². The second-order valence-corrected chi connectivity index (χ2v) is 4.45. The summed E-state index contributed by atoms with van der Waals surface area (Å²) in [5.41, 5.74) is 2.07. The minimum absolute atomic E-state index is 0.215. The van der Waals surface area contributed by atoms with Gasteiger partial charge in [-0.15, -0.1) is 0 Å². The van der Waals surface area contributed by atoms with E-state index in [1.807, 2.05) is 12.3 Å². The van der Waals surface area contributed by atoms with Crippen molar-refractivity contribution in [2.75, 3.05) is 19.4 Å². The van der Waals surface area contributed by atoms with Crippen molar-refractivity contribution in [2.24, 2.45) is 0 Å². The molecule has 0 amide bonds. The molecule has 3 nitrogen and oxygen atoms in total. The van der Waals surface area contributed by atoms with Crippen molar-refractivity contribution in [3.63, 3.8) is 0 Å². The lowest BCUT2D eigenvalue weighted by Crippen LogP contribution is -2.16. The van der Waals surface area contributed by atoms with E-state index in [2.05, 4.69) is 10.3 Å². The molecule has 82 valence electrons. The van der Waals surface area contributed by atoms with E-state index in [0.29, 0.717) is 4.99 Å². The Balaban J connectivity index is 2.62. The van der Waals surface area contributed by atoms with Gasteiger partial charge in [0.2, 0.25) is 0 Å². The number of hydrogen-bond acceptors (Lipinski definition) is 4. The number of thioether (sulfide) groups is 1. The average Bonchev–Trinajstić information content (AvgIpc) is 2.29. The molecule has 1 heterocycles. The molecule has 1 rings (SSSR count). The summed E-state index contributed by atoms with van der Waals surface area (Å²) in [4.78, 5) is 4.83. The molecule has 0 aliphatic rings. The van der Waals surface area contributed by atoms with Crippen LogP contribution in [-0.4, -0.2) is 34.5 Å². The first kappa shape index (κ1) is 12.4. The Kier molecular flexibility index (Phi) is 5.60. The van der Waals surface area contributed by atoms with Gasteiger partial charge in [-0.3, -0.25) is 4.98 Å². The van der Waals surface area contributed by atoms with Gasteiger partial charge < -0.3 is 10.4 Å². The predicted octanol–water partition coefficient (Wildman–Crippen LogP) is 1.20. The largest absolute Gasteiger partial charge is 0.396 e. The quantitative estimate of drug-likeness (QED) is 0.600. The molecule has 0 bridgehead atoms. The lowest BCUT2D eigenvalue weighted by Gasteiger charge is -2.05. The van der Waals surface area contributed by atoms with Gasteiger partial charge in [-0.1, -0.05) is 12.2 Å². The number of rotatable bonds is 5. The highest BCUT2D eigenvalue weighted by Gasteiger charge is 2.01. The molecule has 0 aromatic carbocycles. The Bertz CT molecular complexity index is 331. The van der Waals surface area contributed by atoms with Crippen LogP contribution >= 0.6 is 24.0 Å². The zero-order valence-electron chi connectivity index (χ0n) is 8.56.